The Bertz CT molecular complexity index is 810. The second-order valence-corrected chi connectivity index (χ2v) is 5.91. The van der Waals surface area contributed by atoms with Crippen molar-refractivity contribution < 1.29 is 19.0 Å². The summed E-state index contributed by atoms with van der Waals surface area (Å²) >= 11 is 0. The number of rotatable bonds is 8. The van der Waals surface area contributed by atoms with Gasteiger partial charge in [0.05, 0.1) is 19.2 Å². The summed E-state index contributed by atoms with van der Waals surface area (Å²) < 4.78 is 17.6. The van der Waals surface area contributed by atoms with Crippen LogP contribution >= 0.6 is 0 Å². The maximum absolute atomic E-state index is 12.5. The molecule has 6 nitrogen and oxygen atoms in total. The van der Waals surface area contributed by atoms with E-state index in [0.717, 1.165) is 12.8 Å². The first-order valence-corrected chi connectivity index (χ1v) is 8.51. The molecule has 0 fully saturated rings. The van der Waals surface area contributed by atoms with Gasteiger partial charge in [0.15, 0.2) is 5.75 Å². The van der Waals surface area contributed by atoms with Crippen molar-refractivity contribution in [1.82, 2.24) is 4.57 Å². The maximum atomic E-state index is 12.5. The van der Waals surface area contributed by atoms with Crippen molar-refractivity contribution in [3.05, 3.63) is 28.6 Å². The molecule has 0 atom stereocenters. The summed E-state index contributed by atoms with van der Waals surface area (Å²) in [5.74, 6) is 0.282. The lowest BCUT2D eigenvalue weighted by Gasteiger charge is -2.15. The zero-order valence-electron chi connectivity index (χ0n) is 15.3. The van der Waals surface area contributed by atoms with E-state index in [9.17, 15) is 9.59 Å². The van der Waals surface area contributed by atoms with E-state index in [1.165, 1.54) is 31.4 Å². The number of aromatic nitrogens is 1. The van der Waals surface area contributed by atoms with E-state index >= 15 is 0 Å². The number of benzene rings is 1. The molecule has 0 aliphatic heterocycles. The first kappa shape index (κ1) is 18.8. The van der Waals surface area contributed by atoms with Gasteiger partial charge in [0, 0.05) is 25.4 Å². The summed E-state index contributed by atoms with van der Waals surface area (Å²) in [6, 6.07) is 5.44. The van der Waals surface area contributed by atoms with Crippen molar-refractivity contribution in [2.45, 2.75) is 39.5 Å². The van der Waals surface area contributed by atoms with Crippen LogP contribution in [0.2, 0.25) is 0 Å². The molecule has 6 heteroatoms. The number of methoxy groups -OCH3 is 1. The van der Waals surface area contributed by atoms with E-state index < -0.39 is 11.5 Å². The number of carbonyl (C=O) groups is 1. The molecule has 0 aliphatic carbocycles. The van der Waals surface area contributed by atoms with E-state index in [-0.39, 0.29) is 11.5 Å². The summed E-state index contributed by atoms with van der Waals surface area (Å²) in [6.07, 6.45) is 4.52. The molecule has 2 aromatic rings. The van der Waals surface area contributed by atoms with Crippen molar-refractivity contribution in [2.75, 3.05) is 13.7 Å². The fraction of sp³-hybridized carbons (Fsp3) is 0.474. The molecule has 1 heterocycles. The van der Waals surface area contributed by atoms with Gasteiger partial charge in [-0.05, 0) is 18.6 Å². The van der Waals surface area contributed by atoms with Crippen LogP contribution in [-0.2, 0) is 11.8 Å². The van der Waals surface area contributed by atoms with E-state index in [4.69, 9.17) is 14.2 Å². The minimum absolute atomic E-state index is 0.0989. The van der Waals surface area contributed by atoms with Gasteiger partial charge in [-0.3, -0.25) is 9.59 Å². The quantitative estimate of drug-likeness (QED) is 0.541. The average Bonchev–Trinajstić information content (AvgIpc) is 2.59. The van der Waals surface area contributed by atoms with Crippen molar-refractivity contribution in [3.8, 4) is 17.2 Å². The Morgan fingerprint density at radius 2 is 1.92 bits per heavy atom. The molecule has 2 rings (SSSR count). The normalized spacial score (nSPS) is 10.7. The fourth-order valence-corrected chi connectivity index (χ4v) is 2.71. The highest BCUT2D eigenvalue weighted by atomic mass is 16.6. The first-order chi connectivity index (χ1) is 12.0. The highest BCUT2D eigenvalue weighted by Crippen LogP contribution is 2.34. The Morgan fingerprint density at radius 3 is 2.56 bits per heavy atom. The molecule has 0 N–H and O–H groups in total. The van der Waals surface area contributed by atoms with Crippen molar-refractivity contribution in [2.24, 2.45) is 7.05 Å². The Labute approximate surface area is 147 Å². The van der Waals surface area contributed by atoms with Gasteiger partial charge in [-0.1, -0.05) is 26.2 Å². The molecule has 0 saturated heterocycles. The number of aryl methyl sites for hydroxylation is 1. The van der Waals surface area contributed by atoms with Crippen LogP contribution in [0.15, 0.2) is 23.0 Å². The van der Waals surface area contributed by atoms with Gasteiger partial charge in [-0.15, -0.1) is 0 Å². The highest BCUT2D eigenvalue weighted by molar-refractivity contribution is 5.89. The Hall–Kier alpha value is -2.50. The zero-order valence-corrected chi connectivity index (χ0v) is 15.3. The second-order valence-electron chi connectivity index (χ2n) is 5.91. The third-order valence-electron chi connectivity index (χ3n) is 4.00. The maximum Gasteiger partial charge on any atom is 0.308 e. The molecule has 25 heavy (non-hydrogen) atoms. The van der Waals surface area contributed by atoms with Gasteiger partial charge in [0.2, 0.25) is 5.75 Å². The monoisotopic (exact) mass is 347 g/mol. The molecule has 1 aromatic carbocycles. The molecule has 0 spiro atoms. The number of carbonyl (C=O) groups excluding carboxylic acids is 1. The van der Waals surface area contributed by atoms with Crippen LogP contribution in [0, 0.1) is 0 Å². The predicted molar refractivity (Wildman–Crippen MR) is 96.7 cm³/mol. The van der Waals surface area contributed by atoms with Crippen LogP contribution in [0.5, 0.6) is 17.2 Å². The molecule has 0 unspecified atom stereocenters. The molecule has 136 valence electrons. The molecule has 0 saturated carbocycles. The summed E-state index contributed by atoms with van der Waals surface area (Å²) in [5, 5.41) is 0.680. The Balaban J connectivity index is 2.37. The van der Waals surface area contributed by atoms with Crippen LogP contribution < -0.4 is 19.8 Å². The Kier molecular flexibility index (Phi) is 6.44. The van der Waals surface area contributed by atoms with E-state index in [0.29, 0.717) is 23.3 Å². The molecular weight excluding hydrogens is 322 g/mol. The van der Waals surface area contributed by atoms with Crippen LogP contribution in [0.4, 0.5) is 0 Å². The number of esters is 1. The third kappa shape index (κ3) is 4.32. The summed E-state index contributed by atoms with van der Waals surface area (Å²) in [6.45, 7) is 4.06. The molecule has 0 aliphatic rings. The van der Waals surface area contributed by atoms with Gasteiger partial charge in [0.25, 0.3) is 5.56 Å². The van der Waals surface area contributed by atoms with Gasteiger partial charge in [-0.25, -0.2) is 0 Å². The average molecular weight is 347 g/mol. The highest BCUT2D eigenvalue weighted by Gasteiger charge is 2.19. The number of ether oxygens (including phenoxy) is 3. The topological polar surface area (TPSA) is 66.8 Å². The number of unbranched alkanes of at least 4 members (excludes halogenated alkanes) is 3. The number of hydrogen-bond acceptors (Lipinski definition) is 5. The van der Waals surface area contributed by atoms with Gasteiger partial charge in [0.1, 0.15) is 5.75 Å². The van der Waals surface area contributed by atoms with E-state index in [2.05, 4.69) is 6.92 Å². The van der Waals surface area contributed by atoms with E-state index in [1.54, 1.807) is 13.1 Å². The summed E-state index contributed by atoms with van der Waals surface area (Å²) in [7, 11) is 3.07. The van der Waals surface area contributed by atoms with Crippen LogP contribution in [0.3, 0.4) is 0 Å². The second kappa shape index (κ2) is 8.55. The molecule has 0 radical (unpaired) electrons. The Morgan fingerprint density at radius 1 is 1.16 bits per heavy atom. The van der Waals surface area contributed by atoms with Crippen molar-refractivity contribution in [1.29, 1.82) is 0 Å². The lowest BCUT2D eigenvalue weighted by atomic mass is 10.1. The largest absolute Gasteiger partial charge is 0.494 e. The zero-order chi connectivity index (χ0) is 18.4. The SMILES string of the molecule is CCCCCCOc1ccc2c(OC)c(OC(C)=O)c(=O)n(C)c2c1. The molecule has 0 bridgehead atoms. The molecular formula is C19H25NO5. The standard InChI is InChI=1S/C19H25NO5/c1-5-6-7-8-11-24-14-9-10-15-16(12-14)20(3)19(22)18(17(15)23-4)25-13(2)21/h9-10,12H,5-8,11H2,1-4H3. The van der Waals surface area contributed by atoms with Crippen LogP contribution in [-0.4, -0.2) is 24.3 Å². The predicted octanol–water partition coefficient (Wildman–Crippen LogP) is 3.43. The number of nitrogens with zero attached hydrogens (tertiary/aromatic N) is 1. The molecule has 1 aromatic heterocycles. The van der Waals surface area contributed by atoms with Crippen LogP contribution in [0.1, 0.15) is 39.5 Å². The van der Waals surface area contributed by atoms with Gasteiger partial charge < -0.3 is 18.8 Å². The third-order valence-corrected chi connectivity index (χ3v) is 4.00. The van der Waals surface area contributed by atoms with Gasteiger partial charge >= 0.3 is 5.97 Å². The fourth-order valence-electron chi connectivity index (χ4n) is 2.71. The number of pyridine rings is 1. The lowest BCUT2D eigenvalue weighted by Crippen LogP contribution is -2.22. The smallest absolute Gasteiger partial charge is 0.308 e. The molecule has 0 amide bonds. The summed E-state index contributed by atoms with van der Waals surface area (Å²) in [5.41, 5.74) is 0.225. The van der Waals surface area contributed by atoms with E-state index in [1.807, 2.05) is 12.1 Å². The first-order valence-electron chi connectivity index (χ1n) is 8.51. The van der Waals surface area contributed by atoms with Gasteiger partial charge in [-0.2, -0.15) is 0 Å². The number of hydrogen-bond donors (Lipinski definition) is 0. The van der Waals surface area contributed by atoms with Crippen molar-refractivity contribution >= 4 is 16.9 Å². The lowest BCUT2D eigenvalue weighted by molar-refractivity contribution is -0.132. The minimum atomic E-state index is -0.568. The number of fused-ring (bicyclic) bond motifs is 1. The van der Waals surface area contributed by atoms with Crippen LogP contribution in [0.25, 0.3) is 10.9 Å². The minimum Gasteiger partial charge on any atom is -0.494 e. The van der Waals surface area contributed by atoms with Crippen molar-refractivity contribution in [3.63, 3.8) is 0 Å². The summed E-state index contributed by atoms with van der Waals surface area (Å²) in [4.78, 5) is 23.8.